The van der Waals surface area contributed by atoms with E-state index >= 15 is 0 Å². The van der Waals surface area contributed by atoms with Crippen LogP contribution in [0.1, 0.15) is 22.7 Å². The molecule has 1 aromatic rings. The first-order chi connectivity index (χ1) is 9.67. The number of nitrogens with one attached hydrogen (secondary N) is 2. The Bertz CT molecular complexity index is 440. The largest absolute Gasteiger partial charge is 0.356 e. The van der Waals surface area contributed by atoms with Gasteiger partial charge in [0, 0.05) is 24.7 Å². The molecule has 0 aliphatic carbocycles. The van der Waals surface area contributed by atoms with Gasteiger partial charge in [-0.15, -0.1) is 35.3 Å². The molecule has 1 fully saturated rings. The molecule has 1 aliphatic heterocycles. The molecule has 7 heteroatoms. The molecule has 2 rings (SSSR count). The van der Waals surface area contributed by atoms with Crippen LogP contribution in [-0.4, -0.2) is 49.6 Å². The van der Waals surface area contributed by atoms with E-state index in [1.54, 1.807) is 11.3 Å². The predicted octanol–water partition coefficient (Wildman–Crippen LogP) is 2.08. The Labute approximate surface area is 148 Å². The lowest BCUT2D eigenvalue weighted by atomic mass is 9.97. The van der Waals surface area contributed by atoms with Crippen LogP contribution in [0.5, 0.6) is 0 Å². The Morgan fingerprint density at radius 2 is 2.14 bits per heavy atom. The number of piperidine rings is 1. The monoisotopic (exact) mass is 423 g/mol. The molecule has 1 aromatic heterocycles. The van der Waals surface area contributed by atoms with Crippen LogP contribution in [0.3, 0.4) is 0 Å². The third-order valence-corrected chi connectivity index (χ3v) is 4.61. The van der Waals surface area contributed by atoms with E-state index in [2.05, 4.69) is 39.5 Å². The van der Waals surface area contributed by atoms with Gasteiger partial charge in [0.2, 0.25) is 0 Å². The molecule has 0 saturated carbocycles. The van der Waals surface area contributed by atoms with Gasteiger partial charge in [0.15, 0.2) is 5.96 Å². The number of hydrogen-bond acceptors (Lipinski definition) is 4. The molecule has 0 unspecified atom stereocenters. The maximum atomic E-state index is 4.35. The Morgan fingerprint density at radius 1 is 1.43 bits per heavy atom. The maximum absolute atomic E-state index is 4.35. The van der Waals surface area contributed by atoms with Gasteiger partial charge in [-0.3, -0.25) is 4.99 Å². The molecule has 2 N–H and O–H groups in total. The van der Waals surface area contributed by atoms with E-state index in [-0.39, 0.29) is 24.0 Å². The van der Waals surface area contributed by atoms with Gasteiger partial charge in [-0.2, -0.15) is 0 Å². The van der Waals surface area contributed by atoms with E-state index in [0.29, 0.717) is 0 Å². The molecule has 0 spiro atoms. The smallest absolute Gasteiger partial charge is 0.191 e. The summed E-state index contributed by atoms with van der Waals surface area (Å²) in [7, 11) is 4.01. The van der Waals surface area contributed by atoms with Gasteiger partial charge in [-0.1, -0.05) is 0 Å². The summed E-state index contributed by atoms with van der Waals surface area (Å²) in [6.07, 6.45) is 4.45. The van der Waals surface area contributed by atoms with E-state index in [4.69, 9.17) is 0 Å². The van der Waals surface area contributed by atoms with Crippen molar-refractivity contribution in [3.05, 3.63) is 16.1 Å². The van der Waals surface area contributed by atoms with Gasteiger partial charge in [-0.25, -0.2) is 4.98 Å². The van der Waals surface area contributed by atoms with Crippen LogP contribution >= 0.6 is 35.3 Å². The summed E-state index contributed by atoms with van der Waals surface area (Å²) in [6.45, 7) is 6.23. The number of hydrogen-bond donors (Lipinski definition) is 2. The first kappa shape index (κ1) is 18.6. The molecule has 1 saturated heterocycles. The van der Waals surface area contributed by atoms with E-state index in [1.807, 2.05) is 13.2 Å². The van der Waals surface area contributed by atoms with Crippen LogP contribution in [0.4, 0.5) is 0 Å². The lowest BCUT2D eigenvalue weighted by Crippen LogP contribution is -2.41. The maximum Gasteiger partial charge on any atom is 0.191 e. The second kappa shape index (κ2) is 9.58. The fraction of sp³-hybridized carbons (Fsp3) is 0.714. The number of halogens is 1. The lowest BCUT2D eigenvalue weighted by Gasteiger charge is -2.29. The highest BCUT2D eigenvalue weighted by Gasteiger charge is 2.16. The zero-order valence-electron chi connectivity index (χ0n) is 13.1. The first-order valence-corrected chi connectivity index (χ1v) is 8.03. The minimum absolute atomic E-state index is 0. The zero-order chi connectivity index (χ0) is 14.4. The molecule has 0 radical (unpaired) electrons. The number of aromatic nitrogens is 1. The van der Waals surface area contributed by atoms with Crippen LogP contribution in [0.25, 0.3) is 0 Å². The van der Waals surface area contributed by atoms with Gasteiger partial charge < -0.3 is 15.5 Å². The zero-order valence-corrected chi connectivity index (χ0v) is 16.2. The third-order valence-electron chi connectivity index (χ3n) is 3.70. The van der Waals surface area contributed by atoms with Crippen molar-refractivity contribution in [1.82, 2.24) is 20.5 Å². The molecule has 2 heterocycles. The van der Waals surface area contributed by atoms with E-state index < -0.39 is 0 Å². The molecule has 0 atom stereocenters. The summed E-state index contributed by atoms with van der Waals surface area (Å²) in [5, 5.41) is 7.85. The molecule has 120 valence electrons. The number of likely N-dealkylation sites (tertiary alicyclic amines) is 1. The number of thiazole rings is 1. The van der Waals surface area contributed by atoms with Gasteiger partial charge in [0.25, 0.3) is 0 Å². The highest BCUT2D eigenvalue weighted by Crippen LogP contribution is 2.14. The van der Waals surface area contributed by atoms with Crippen LogP contribution in [0, 0.1) is 12.8 Å². The third kappa shape index (κ3) is 6.48. The summed E-state index contributed by atoms with van der Waals surface area (Å²) >= 11 is 1.72. The van der Waals surface area contributed by atoms with E-state index in [1.165, 1.54) is 30.8 Å². The summed E-state index contributed by atoms with van der Waals surface area (Å²) in [6, 6.07) is 0. The van der Waals surface area contributed by atoms with Gasteiger partial charge in [0.1, 0.15) is 5.01 Å². The van der Waals surface area contributed by atoms with Crippen LogP contribution < -0.4 is 10.6 Å². The van der Waals surface area contributed by atoms with Crippen molar-refractivity contribution < 1.29 is 0 Å². The Balaban J connectivity index is 0.00000220. The topological polar surface area (TPSA) is 52.6 Å². The number of nitrogens with zero attached hydrogens (tertiary/aromatic N) is 3. The SMILES string of the molecule is CN=C(NCc1ncc(C)s1)NCC1CCN(C)CC1.I. The minimum Gasteiger partial charge on any atom is -0.356 e. The molecule has 1 aliphatic rings. The molecule has 0 aromatic carbocycles. The molecule has 0 bridgehead atoms. The highest BCUT2D eigenvalue weighted by atomic mass is 127. The van der Waals surface area contributed by atoms with Crippen LogP contribution in [0.2, 0.25) is 0 Å². The van der Waals surface area contributed by atoms with Crippen molar-refractivity contribution in [3.8, 4) is 0 Å². The summed E-state index contributed by atoms with van der Waals surface area (Å²) in [5.41, 5.74) is 0. The number of guanidine groups is 1. The second-order valence-corrected chi connectivity index (χ2v) is 6.74. The Morgan fingerprint density at radius 3 is 2.71 bits per heavy atom. The molecular formula is C14H26IN5S. The Kier molecular flexibility index (Phi) is 8.50. The minimum atomic E-state index is 0. The summed E-state index contributed by atoms with van der Waals surface area (Å²) < 4.78 is 0. The molecular weight excluding hydrogens is 397 g/mol. The average Bonchev–Trinajstić information content (AvgIpc) is 2.87. The second-order valence-electron chi connectivity index (χ2n) is 5.42. The standard InChI is InChI=1S/C14H25N5S.HI/c1-11-8-16-13(20-11)10-18-14(15-2)17-9-12-4-6-19(3)7-5-12;/h8,12H,4-7,9-10H2,1-3H3,(H2,15,17,18);1H. The first-order valence-electron chi connectivity index (χ1n) is 7.21. The highest BCUT2D eigenvalue weighted by molar-refractivity contribution is 14.0. The lowest BCUT2D eigenvalue weighted by molar-refractivity contribution is 0.220. The van der Waals surface area contributed by atoms with Crippen molar-refractivity contribution in [2.45, 2.75) is 26.3 Å². The van der Waals surface area contributed by atoms with Crippen molar-refractivity contribution >= 4 is 41.3 Å². The molecule has 5 nitrogen and oxygen atoms in total. The van der Waals surface area contributed by atoms with Gasteiger partial charge >= 0.3 is 0 Å². The molecule has 0 amide bonds. The van der Waals surface area contributed by atoms with Crippen molar-refractivity contribution in [2.75, 3.05) is 33.7 Å². The van der Waals surface area contributed by atoms with Crippen molar-refractivity contribution in [3.63, 3.8) is 0 Å². The average molecular weight is 423 g/mol. The van der Waals surface area contributed by atoms with Gasteiger partial charge in [-0.05, 0) is 45.8 Å². The van der Waals surface area contributed by atoms with E-state index in [9.17, 15) is 0 Å². The van der Waals surface area contributed by atoms with Crippen molar-refractivity contribution in [1.29, 1.82) is 0 Å². The van der Waals surface area contributed by atoms with E-state index in [0.717, 1.165) is 30.0 Å². The number of rotatable bonds is 4. The predicted molar refractivity (Wildman–Crippen MR) is 101 cm³/mol. The fourth-order valence-electron chi connectivity index (χ4n) is 2.37. The molecule has 21 heavy (non-hydrogen) atoms. The quantitative estimate of drug-likeness (QED) is 0.443. The Hall–Kier alpha value is -0.410. The van der Waals surface area contributed by atoms with Crippen molar-refractivity contribution in [2.24, 2.45) is 10.9 Å². The fourth-order valence-corrected chi connectivity index (χ4v) is 3.10. The summed E-state index contributed by atoms with van der Waals surface area (Å²) in [5.74, 6) is 1.63. The number of aliphatic imine (C=N–C) groups is 1. The summed E-state index contributed by atoms with van der Waals surface area (Å²) in [4.78, 5) is 12.3. The van der Waals surface area contributed by atoms with Crippen LogP contribution in [-0.2, 0) is 6.54 Å². The van der Waals surface area contributed by atoms with Gasteiger partial charge in [0.05, 0.1) is 6.54 Å². The van der Waals surface area contributed by atoms with Crippen LogP contribution in [0.15, 0.2) is 11.2 Å². The number of aryl methyl sites for hydroxylation is 1. The normalized spacial score (nSPS) is 17.4.